The SMILES string of the molecule is C#CCN(CC=C)C(=O)[C@H]1CCC(=O)N(C2CC2)C1. The maximum atomic E-state index is 12.4. The standard InChI is InChI=1S/C15H20N2O2/c1-3-9-16(10-4-2)15(19)12-5-8-14(18)17(11-12)13-6-7-13/h1,4,12-13H,2,5-11H2/t12-/m0/s1. The topological polar surface area (TPSA) is 40.6 Å². The van der Waals surface area contributed by atoms with Crippen molar-refractivity contribution in [2.24, 2.45) is 5.92 Å². The summed E-state index contributed by atoms with van der Waals surface area (Å²) < 4.78 is 0. The molecule has 4 heteroatoms. The third-order valence-electron chi connectivity index (χ3n) is 3.72. The third kappa shape index (κ3) is 3.17. The van der Waals surface area contributed by atoms with Crippen LogP contribution < -0.4 is 0 Å². The average Bonchev–Trinajstić information content (AvgIpc) is 3.22. The molecule has 19 heavy (non-hydrogen) atoms. The highest BCUT2D eigenvalue weighted by Crippen LogP contribution is 2.32. The minimum atomic E-state index is -0.105. The van der Waals surface area contributed by atoms with E-state index >= 15 is 0 Å². The fourth-order valence-corrected chi connectivity index (χ4v) is 2.57. The lowest BCUT2D eigenvalue weighted by Gasteiger charge is -2.34. The Morgan fingerprint density at radius 2 is 2.26 bits per heavy atom. The quantitative estimate of drug-likeness (QED) is 0.547. The van der Waals surface area contributed by atoms with Crippen molar-refractivity contribution in [2.45, 2.75) is 31.7 Å². The zero-order valence-corrected chi connectivity index (χ0v) is 11.2. The first-order valence-electron chi connectivity index (χ1n) is 6.80. The molecular weight excluding hydrogens is 240 g/mol. The molecule has 4 nitrogen and oxygen atoms in total. The van der Waals surface area contributed by atoms with Crippen molar-refractivity contribution in [1.29, 1.82) is 0 Å². The van der Waals surface area contributed by atoms with Gasteiger partial charge >= 0.3 is 0 Å². The molecule has 1 saturated heterocycles. The highest BCUT2D eigenvalue weighted by molar-refractivity contribution is 5.84. The van der Waals surface area contributed by atoms with Gasteiger partial charge in [-0.05, 0) is 19.3 Å². The fraction of sp³-hybridized carbons (Fsp3) is 0.600. The summed E-state index contributed by atoms with van der Waals surface area (Å²) >= 11 is 0. The number of likely N-dealkylation sites (tertiary alicyclic amines) is 1. The second kappa shape index (κ2) is 5.92. The van der Waals surface area contributed by atoms with Crippen LogP contribution >= 0.6 is 0 Å². The molecule has 0 spiro atoms. The summed E-state index contributed by atoms with van der Waals surface area (Å²) in [5.74, 6) is 2.64. The Balaban J connectivity index is 1.99. The molecule has 2 fully saturated rings. The molecule has 1 aliphatic carbocycles. The molecule has 1 aliphatic heterocycles. The monoisotopic (exact) mass is 260 g/mol. The summed E-state index contributed by atoms with van der Waals surface area (Å²) in [6.07, 6.45) is 10.2. The van der Waals surface area contributed by atoms with Crippen LogP contribution in [0.2, 0.25) is 0 Å². The Morgan fingerprint density at radius 1 is 1.53 bits per heavy atom. The van der Waals surface area contributed by atoms with Crippen LogP contribution in [0.15, 0.2) is 12.7 Å². The molecule has 0 aromatic heterocycles. The van der Waals surface area contributed by atoms with Crippen LogP contribution in [-0.2, 0) is 9.59 Å². The average molecular weight is 260 g/mol. The molecule has 1 heterocycles. The first kappa shape index (κ1) is 13.7. The van der Waals surface area contributed by atoms with Gasteiger partial charge in [0.2, 0.25) is 11.8 Å². The van der Waals surface area contributed by atoms with Gasteiger partial charge in [0, 0.05) is 25.6 Å². The van der Waals surface area contributed by atoms with Gasteiger partial charge in [0.05, 0.1) is 12.5 Å². The van der Waals surface area contributed by atoms with E-state index in [-0.39, 0.29) is 17.7 Å². The van der Waals surface area contributed by atoms with E-state index in [9.17, 15) is 9.59 Å². The highest BCUT2D eigenvalue weighted by Gasteiger charge is 2.39. The van der Waals surface area contributed by atoms with Crippen molar-refractivity contribution in [2.75, 3.05) is 19.6 Å². The van der Waals surface area contributed by atoms with Gasteiger partial charge in [-0.1, -0.05) is 12.0 Å². The van der Waals surface area contributed by atoms with Gasteiger partial charge in [0.25, 0.3) is 0 Å². The van der Waals surface area contributed by atoms with E-state index in [2.05, 4.69) is 12.5 Å². The maximum absolute atomic E-state index is 12.4. The highest BCUT2D eigenvalue weighted by atomic mass is 16.2. The zero-order valence-electron chi connectivity index (χ0n) is 11.2. The normalized spacial score (nSPS) is 22.8. The second-order valence-electron chi connectivity index (χ2n) is 5.22. The van der Waals surface area contributed by atoms with Crippen molar-refractivity contribution in [3.8, 4) is 12.3 Å². The van der Waals surface area contributed by atoms with E-state index < -0.39 is 0 Å². The lowest BCUT2D eigenvalue weighted by molar-refractivity contribution is -0.142. The summed E-state index contributed by atoms with van der Waals surface area (Å²) in [5.41, 5.74) is 0. The molecule has 1 atom stereocenters. The fourth-order valence-electron chi connectivity index (χ4n) is 2.57. The van der Waals surface area contributed by atoms with Crippen molar-refractivity contribution >= 4 is 11.8 Å². The summed E-state index contributed by atoms with van der Waals surface area (Å²) in [6.45, 7) is 4.98. The van der Waals surface area contributed by atoms with Crippen molar-refractivity contribution in [3.63, 3.8) is 0 Å². The maximum Gasteiger partial charge on any atom is 0.228 e. The predicted molar refractivity (Wildman–Crippen MR) is 73.1 cm³/mol. The van der Waals surface area contributed by atoms with E-state index in [4.69, 9.17) is 6.42 Å². The molecule has 2 aliphatic rings. The van der Waals surface area contributed by atoms with Crippen LogP contribution in [0.3, 0.4) is 0 Å². The molecule has 1 saturated carbocycles. The molecular formula is C15H20N2O2. The number of carbonyl (C=O) groups excluding carboxylic acids is 2. The number of carbonyl (C=O) groups is 2. The number of hydrogen-bond donors (Lipinski definition) is 0. The Bertz CT molecular complexity index is 420. The molecule has 2 rings (SSSR count). The number of amides is 2. The van der Waals surface area contributed by atoms with E-state index in [0.29, 0.717) is 38.5 Å². The number of nitrogens with zero attached hydrogens (tertiary/aromatic N) is 2. The largest absolute Gasteiger partial charge is 0.339 e. The number of piperidine rings is 1. The molecule has 0 aromatic carbocycles. The molecule has 0 N–H and O–H groups in total. The molecule has 0 bridgehead atoms. The first-order valence-corrected chi connectivity index (χ1v) is 6.80. The summed E-state index contributed by atoms with van der Waals surface area (Å²) in [5, 5.41) is 0. The van der Waals surface area contributed by atoms with Crippen molar-refractivity contribution < 1.29 is 9.59 Å². The van der Waals surface area contributed by atoms with Crippen molar-refractivity contribution in [3.05, 3.63) is 12.7 Å². The van der Waals surface area contributed by atoms with Crippen molar-refractivity contribution in [1.82, 2.24) is 9.80 Å². The summed E-state index contributed by atoms with van der Waals surface area (Å²) in [7, 11) is 0. The first-order chi connectivity index (χ1) is 9.17. The number of hydrogen-bond acceptors (Lipinski definition) is 2. The van der Waals surface area contributed by atoms with Crippen LogP contribution in [0.4, 0.5) is 0 Å². The van der Waals surface area contributed by atoms with E-state index in [1.807, 2.05) is 4.90 Å². The second-order valence-corrected chi connectivity index (χ2v) is 5.22. The van der Waals surface area contributed by atoms with E-state index in [0.717, 1.165) is 12.8 Å². The number of rotatable bonds is 5. The molecule has 0 aromatic rings. The third-order valence-corrected chi connectivity index (χ3v) is 3.72. The molecule has 0 radical (unpaired) electrons. The van der Waals surface area contributed by atoms with Crippen LogP contribution in [0, 0.1) is 18.3 Å². The molecule has 102 valence electrons. The van der Waals surface area contributed by atoms with Gasteiger partial charge in [0.1, 0.15) is 0 Å². The van der Waals surface area contributed by atoms with Gasteiger partial charge in [-0.2, -0.15) is 0 Å². The Labute approximate surface area is 114 Å². The van der Waals surface area contributed by atoms with Gasteiger partial charge in [-0.3, -0.25) is 9.59 Å². The lowest BCUT2D eigenvalue weighted by atomic mass is 9.95. The predicted octanol–water partition coefficient (Wildman–Crippen LogP) is 1.04. The van der Waals surface area contributed by atoms with Gasteiger partial charge in [-0.15, -0.1) is 13.0 Å². The van der Waals surface area contributed by atoms with Gasteiger partial charge < -0.3 is 9.80 Å². The summed E-state index contributed by atoms with van der Waals surface area (Å²) in [6, 6.07) is 0.378. The molecule has 2 amide bonds. The molecule has 0 unspecified atom stereocenters. The van der Waals surface area contributed by atoms with Crippen LogP contribution in [0.5, 0.6) is 0 Å². The Kier molecular flexibility index (Phi) is 4.26. The zero-order chi connectivity index (χ0) is 13.8. The van der Waals surface area contributed by atoms with E-state index in [1.54, 1.807) is 11.0 Å². The minimum Gasteiger partial charge on any atom is -0.339 e. The number of terminal acetylenes is 1. The Morgan fingerprint density at radius 3 is 2.84 bits per heavy atom. The van der Waals surface area contributed by atoms with Gasteiger partial charge in [0.15, 0.2) is 0 Å². The Hall–Kier alpha value is -1.76. The van der Waals surface area contributed by atoms with Crippen LogP contribution in [-0.4, -0.2) is 47.3 Å². The smallest absolute Gasteiger partial charge is 0.228 e. The lowest BCUT2D eigenvalue weighted by Crippen LogP contribution is -2.48. The van der Waals surface area contributed by atoms with E-state index in [1.165, 1.54) is 0 Å². The van der Waals surface area contributed by atoms with Crippen LogP contribution in [0.1, 0.15) is 25.7 Å². The summed E-state index contributed by atoms with van der Waals surface area (Å²) in [4.78, 5) is 27.8. The minimum absolute atomic E-state index is 0.0519. The van der Waals surface area contributed by atoms with Crippen LogP contribution in [0.25, 0.3) is 0 Å². The van der Waals surface area contributed by atoms with Gasteiger partial charge in [-0.25, -0.2) is 0 Å².